The number of hydrogen-bond donors (Lipinski definition) is 1. The van der Waals surface area contributed by atoms with E-state index in [1.54, 1.807) is 0 Å². The maximum Gasteiger partial charge on any atom is 0.161 e. The van der Waals surface area contributed by atoms with Crippen LogP contribution in [-0.4, -0.2) is 19.8 Å². The third-order valence-electron chi connectivity index (χ3n) is 4.17. The fourth-order valence-corrected chi connectivity index (χ4v) is 2.73. The fourth-order valence-electron chi connectivity index (χ4n) is 2.73. The third-order valence-corrected chi connectivity index (χ3v) is 4.17. The molecule has 2 aromatic carbocycles. The Hall–Kier alpha value is -2.00. The van der Waals surface area contributed by atoms with Crippen molar-refractivity contribution in [2.75, 3.05) is 19.8 Å². The van der Waals surface area contributed by atoms with Crippen molar-refractivity contribution in [2.45, 2.75) is 32.7 Å². The lowest BCUT2D eigenvalue weighted by atomic mass is 10.0. The van der Waals surface area contributed by atoms with Crippen LogP contribution in [0.2, 0.25) is 0 Å². The van der Waals surface area contributed by atoms with Crippen molar-refractivity contribution < 1.29 is 9.47 Å². The van der Waals surface area contributed by atoms with Crippen molar-refractivity contribution >= 4 is 0 Å². The van der Waals surface area contributed by atoms with Crippen LogP contribution in [0.3, 0.4) is 0 Å². The van der Waals surface area contributed by atoms with Crippen LogP contribution in [0.4, 0.5) is 0 Å². The Kier molecular flexibility index (Phi) is 5.19. The molecular weight excluding hydrogens is 286 g/mol. The molecule has 0 atom stereocenters. The van der Waals surface area contributed by atoms with Crippen LogP contribution >= 0.6 is 0 Å². The van der Waals surface area contributed by atoms with E-state index in [0.717, 1.165) is 31.0 Å². The van der Waals surface area contributed by atoms with Crippen LogP contribution in [0.15, 0.2) is 42.5 Å². The summed E-state index contributed by atoms with van der Waals surface area (Å²) in [5.41, 5.74) is 4.00. The molecule has 3 heteroatoms. The SMILES string of the molecule is CC(C)c1ccc(CNCCc2ccc3c(c2)OCCO3)cc1. The molecule has 0 aliphatic carbocycles. The number of ether oxygens (including phenoxy) is 2. The lowest BCUT2D eigenvalue weighted by Gasteiger charge is -2.18. The second kappa shape index (κ2) is 7.51. The van der Waals surface area contributed by atoms with Gasteiger partial charge in [0.2, 0.25) is 0 Å². The number of benzene rings is 2. The summed E-state index contributed by atoms with van der Waals surface area (Å²) in [6, 6.07) is 15.1. The minimum atomic E-state index is 0.590. The number of rotatable bonds is 6. The summed E-state index contributed by atoms with van der Waals surface area (Å²) in [6.45, 7) is 7.58. The quantitative estimate of drug-likeness (QED) is 0.820. The molecule has 3 nitrogen and oxygen atoms in total. The van der Waals surface area contributed by atoms with E-state index in [2.05, 4.69) is 55.6 Å². The molecule has 23 heavy (non-hydrogen) atoms. The standard InChI is InChI=1S/C20H25NO2/c1-15(2)18-6-3-17(4-7-18)14-21-10-9-16-5-8-19-20(13-16)23-12-11-22-19/h3-8,13,15,21H,9-12,14H2,1-2H3. The van der Waals surface area contributed by atoms with Crippen LogP contribution in [-0.2, 0) is 13.0 Å². The van der Waals surface area contributed by atoms with Gasteiger partial charge in [0.15, 0.2) is 11.5 Å². The van der Waals surface area contributed by atoms with Gasteiger partial charge in [-0.25, -0.2) is 0 Å². The fraction of sp³-hybridized carbons (Fsp3) is 0.400. The van der Waals surface area contributed by atoms with Crippen molar-refractivity contribution in [3.8, 4) is 11.5 Å². The second-order valence-electron chi connectivity index (χ2n) is 6.30. The summed E-state index contributed by atoms with van der Waals surface area (Å²) in [5, 5.41) is 3.51. The molecule has 2 aromatic rings. The molecule has 1 N–H and O–H groups in total. The van der Waals surface area contributed by atoms with E-state index in [4.69, 9.17) is 9.47 Å². The molecule has 0 aromatic heterocycles. The van der Waals surface area contributed by atoms with E-state index in [9.17, 15) is 0 Å². The molecule has 0 radical (unpaired) electrons. The Morgan fingerprint density at radius 2 is 1.61 bits per heavy atom. The Bertz CT molecular complexity index is 635. The smallest absolute Gasteiger partial charge is 0.161 e. The molecular formula is C20H25NO2. The highest BCUT2D eigenvalue weighted by Crippen LogP contribution is 2.30. The van der Waals surface area contributed by atoms with Crippen molar-refractivity contribution in [1.82, 2.24) is 5.32 Å². The third kappa shape index (κ3) is 4.26. The topological polar surface area (TPSA) is 30.5 Å². The summed E-state index contributed by atoms with van der Waals surface area (Å²) >= 11 is 0. The summed E-state index contributed by atoms with van der Waals surface area (Å²) in [4.78, 5) is 0. The van der Waals surface area contributed by atoms with Gasteiger partial charge in [-0.05, 0) is 47.7 Å². The normalized spacial score (nSPS) is 13.3. The maximum absolute atomic E-state index is 5.62. The van der Waals surface area contributed by atoms with E-state index in [-0.39, 0.29) is 0 Å². The molecule has 0 saturated carbocycles. The van der Waals surface area contributed by atoms with E-state index in [1.807, 2.05) is 6.07 Å². The van der Waals surface area contributed by atoms with E-state index in [0.29, 0.717) is 19.1 Å². The van der Waals surface area contributed by atoms with Crippen molar-refractivity contribution in [3.05, 3.63) is 59.2 Å². The van der Waals surface area contributed by atoms with E-state index in [1.165, 1.54) is 16.7 Å². The van der Waals surface area contributed by atoms with Crippen molar-refractivity contribution in [2.24, 2.45) is 0 Å². The molecule has 3 rings (SSSR count). The van der Waals surface area contributed by atoms with Crippen LogP contribution in [0, 0.1) is 0 Å². The van der Waals surface area contributed by atoms with E-state index >= 15 is 0 Å². The van der Waals surface area contributed by atoms with Gasteiger partial charge in [-0.2, -0.15) is 0 Å². The van der Waals surface area contributed by atoms with Crippen molar-refractivity contribution in [1.29, 1.82) is 0 Å². The van der Waals surface area contributed by atoms with Crippen LogP contribution < -0.4 is 14.8 Å². The van der Waals surface area contributed by atoms with Gasteiger partial charge >= 0.3 is 0 Å². The van der Waals surface area contributed by atoms with Crippen LogP contribution in [0.25, 0.3) is 0 Å². The number of nitrogens with one attached hydrogen (secondary N) is 1. The largest absolute Gasteiger partial charge is 0.486 e. The Balaban J connectivity index is 1.46. The average molecular weight is 311 g/mol. The van der Waals surface area contributed by atoms with Crippen LogP contribution in [0.5, 0.6) is 11.5 Å². The highest BCUT2D eigenvalue weighted by atomic mass is 16.6. The van der Waals surface area contributed by atoms with Gasteiger partial charge in [-0.3, -0.25) is 0 Å². The molecule has 0 amide bonds. The molecule has 0 bridgehead atoms. The predicted molar refractivity (Wildman–Crippen MR) is 93.4 cm³/mol. The molecule has 0 unspecified atom stereocenters. The first-order valence-corrected chi connectivity index (χ1v) is 8.40. The predicted octanol–water partition coefficient (Wildman–Crippen LogP) is 3.91. The summed E-state index contributed by atoms with van der Waals surface area (Å²) in [6.07, 6.45) is 0.987. The van der Waals surface area contributed by atoms with Crippen molar-refractivity contribution in [3.63, 3.8) is 0 Å². The lowest BCUT2D eigenvalue weighted by molar-refractivity contribution is 0.171. The molecule has 1 aliphatic heterocycles. The summed E-state index contributed by atoms with van der Waals surface area (Å²) in [5.74, 6) is 2.32. The van der Waals surface area contributed by atoms with Gasteiger partial charge in [0.05, 0.1) is 0 Å². The van der Waals surface area contributed by atoms with Gasteiger partial charge < -0.3 is 14.8 Å². The molecule has 122 valence electrons. The molecule has 0 fully saturated rings. The zero-order valence-electron chi connectivity index (χ0n) is 14.0. The monoisotopic (exact) mass is 311 g/mol. The first-order valence-electron chi connectivity index (χ1n) is 8.40. The highest BCUT2D eigenvalue weighted by molar-refractivity contribution is 5.43. The second-order valence-corrected chi connectivity index (χ2v) is 6.30. The van der Waals surface area contributed by atoms with Crippen LogP contribution in [0.1, 0.15) is 36.5 Å². The minimum Gasteiger partial charge on any atom is -0.486 e. The van der Waals surface area contributed by atoms with Gasteiger partial charge in [0.25, 0.3) is 0 Å². The van der Waals surface area contributed by atoms with E-state index < -0.39 is 0 Å². The van der Waals surface area contributed by atoms with Gasteiger partial charge in [0.1, 0.15) is 13.2 Å². The maximum atomic E-state index is 5.62. The zero-order chi connectivity index (χ0) is 16.1. The lowest BCUT2D eigenvalue weighted by Crippen LogP contribution is -2.18. The molecule has 1 aliphatic rings. The first-order chi connectivity index (χ1) is 11.2. The summed E-state index contributed by atoms with van der Waals surface area (Å²) < 4.78 is 11.2. The van der Waals surface area contributed by atoms with Gasteiger partial charge in [0, 0.05) is 6.54 Å². The number of hydrogen-bond acceptors (Lipinski definition) is 3. The zero-order valence-corrected chi connectivity index (χ0v) is 14.0. The Morgan fingerprint density at radius 3 is 2.35 bits per heavy atom. The van der Waals surface area contributed by atoms with Gasteiger partial charge in [-0.1, -0.05) is 44.2 Å². The number of fused-ring (bicyclic) bond motifs is 1. The average Bonchev–Trinajstić information content (AvgIpc) is 2.59. The molecule has 0 spiro atoms. The highest BCUT2D eigenvalue weighted by Gasteiger charge is 2.11. The molecule has 1 heterocycles. The summed E-state index contributed by atoms with van der Waals surface area (Å²) in [7, 11) is 0. The van der Waals surface area contributed by atoms with Gasteiger partial charge in [-0.15, -0.1) is 0 Å². The minimum absolute atomic E-state index is 0.590. The molecule has 0 saturated heterocycles. The Morgan fingerprint density at radius 1 is 0.913 bits per heavy atom. The Labute approximate surface area is 138 Å². The first kappa shape index (κ1) is 15.9.